The Hall–Kier alpha value is -2.89. The number of amides is 2. The molecule has 22 heavy (non-hydrogen) atoms. The van der Waals surface area contributed by atoms with Gasteiger partial charge >= 0.3 is 0 Å². The molecule has 0 saturated heterocycles. The van der Waals surface area contributed by atoms with Crippen molar-refractivity contribution in [1.82, 2.24) is 10.9 Å². The summed E-state index contributed by atoms with van der Waals surface area (Å²) in [6.45, 7) is 0. The summed E-state index contributed by atoms with van der Waals surface area (Å²) in [5.41, 5.74) is 6.17. The molecule has 0 aromatic heterocycles. The molecule has 0 aliphatic heterocycles. The maximum Gasteiger partial charge on any atom is 0.269 e. The zero-order valence-electron chi connectivity index (χ0n) is 12.3. The first-order chi connectivity index (χ1) is 10.5. The smallest absolute Gasteiger partial charge is 0.269 e. The van der Waals surface area contributed by atoms with Crippen molar-refractivity contribution >= 4 is 17.5 Å². The fourth-order valence-electron chi connectivity index (χ4n) is 1.78. The Morgan fingerprint density at radius 1 is 0.909 bits per heavy atom. The van der Waals surface area contributed by atoms with Crippen molar-refractivity contribution in [2.45, 2.75) is 0 Å². The summed E-state index contributed by atoms with van der Waals surface area (Å²) in [6.07, 6.45) is 0. The van der Waals surface area contributed by atoms with Crippen molar-refractivity contribution < 1.29 is 14.0 Å². The number of hydrogen-bond donors (Lipinski definition) is 2. The van der Waals surface area contributed by atoms with Gasteiger partial charge in [-0.05, 0) is 42.5 Å². The summed E-state index contributed by atoms with van der Waals surface area (Å²) in [5.74, 6) is -1.38. The minimum Gasteiger partial charge on any atom is -0.378 e. The molecule has 2 rings (SSSR count). The number of hydrogen-bond acceptors (Lipinski definition) is 3. The van der Waals surface area contributed by atoms with Crippen LogP contribution in [-0.4, -0.2) is 25.9 Å². The zero-order valence-corrected chi connectivity index (χ0v) is 12.3. The Balaban J connectivity index is 1.99. The van der Waals surface area contributed by atoms with Crippen molar-refractivity contribution in [2.75, 3.05) is 19.0 Å². The van der Waals surface area contributed by atoms with Crippen LogP contribution in [0, 0.1) is 5.82 Å². The number of nitrogens with zero attached hydrogens (tertiary/aromatic N) is 1. The highest BCUT2D eigenvalue weighted by Gasteiger charge is 2.10. The van der Waals surface area contributed by atoms with Crippen LogP contribution in [0.2, 0.25) is 0 Å². The first kappa shape index (κ1) is 15.5. The van der Waals surface area contributed by atoms with Gasteiger partial charge in [0.2, 0.25) is 0 Å². The number of nitrogens with one attached hydrogen (secondary N) is 2. The highest BCUT2D eigenvalue weighted by molar-refractivity contribution is 5.99. The van der Waals surface area contributed by atoms with Gasteiger partial charge in [-0.25, -0.2) is 4.39 Å². The summed E-state index contributed by atoms with van der Waals surface area (Å²) in [4.78, 5) is 25.7. The van der Waals surface area contributed by atoms with Crippen molar-refractivity contribution in [3.05, 3.63) is 65.5 Å². The second kappa shape index (κ2) is 6.71. The molecular formula is C16H16FN3O2. The molecule has 5 nitrogen and oxygen atoms in total. The lowest BCUT2D eigenvalue weighted by Crippen LogP contribution is -2.41. The molecule has 0 spiro atoms. The molecule has 0 aliphatic carbocycles. The van der Waals surface area contributed by atoms with Crippen LogP contribution in [0.3, 0.4) is 0 Å². The van der Waals surface area contributed by atoms with Crippen molar-refractivity contribution in [1.29, 1.82) is 0 Å². The van der Waals surface area contributed by atoms with Crippen molar-refractivity contribution in [3.63, 3.8) is 0 Å². The maximum atomic E-state index is 12.8. The number of rotatable bonds is 3. The zero-order chi connectivity index (χ0) is 16.1. The van der Waals surface area contributed by atoms with Crippen LogP contribution in [0.4, 0.5) is 10.1 Å². The number of anilines is 1. The normalized spacial score (nSPS) is 9.95. The minimum absolute atomic E-state index is 0.253. The topological polar surface area (TPSA) is 61.4 Å². The lowest BCUT2D eigenvalue weighted by atomic mass is 10.2. The summed E-state index contributed by atoms with van der Waals surface area (Å²) in [7, 11) is 3.74. The fraction of sp³-hybridized carbons (Fsp3) is 0.125. The standard InChI is InChI=1S/C16H16FN3O2/c1-20(2)14-5-3-4-12(10-14)16(22)19-18-15(21)11-6-8-13(17)9-7-11/h3-10H,1-2H3,(H,18,21)(H,19,22). The van der Waals surface area contributed by atoms with Crippen LogP contribution >= 0.6 is 0 Å². The van der Waals surface area contributed by atoms with Crippen LogP contribution in [0.1, 0.15) is 20.7 Å². The van der Waals surface area contributed by atoms with E-state index in [0.717, 1.165) is 5.69 Å². The van der Waals surface area contributed by atoms with E-state index < -0.39 is 17.6 Å². The van der Waals surface area contributed by atoms with E-state index in [4.69, 9.17) is 0 Å². The van der Waals surface area contributed by atoms with E-state index in [9.17, 15) is 14.0 Å². The van der Waals surface area contributed by atoms with Gasteiger partial charge in [-0.15, -0.1) is 0 Å². The molecule has 0 saturated carbocycles. The van der Waals surface area contributed by atoms with E-state index in [2.05, 4.69) is 10.9 Å². The third-order valence-electron chi connectivity index (χ3n) is 3.02. The first-order valence-electron chi connectivity index (χ1n) is 6.61. The van der Waals surface area contributed by atoms with E-state index in [-0.39, 0.29) is 5.56 Å². The summed E-state index contributed by atoms with van der Waals surface area (Å²) in [6, 6.07) is 12.0. The van der Waals surface area contributed by atoms with Crippen LogP contribution in [0.15, 0.2) is 48.5 Å². The number of carbonyl (C=O) groups excluding carboxylic acids is 2. The molecule has 6 heteroatoms. The second-order valence-corrected chi connectivity index (χ2v) is 4.86. The Bertz CT molecular complexity index is 684. The maximum absolute atomic E-state index is 12.8. The van der Waals surface area contributed by atoms with E-state index in [1.165, 1.54) is 24.3 Å². The molecule has 0 heterocycles. The van der Waals surface area contributed by atoms with Gasteiger partial charge in [0.25, 0.3) is 11.8 Å². The van der Waals surface area contributed by atoms with Crippen molar-refractivity contribution in [3.8, 4) is 0 Å². The predicted molar refractivity (Wildman–Crippen MR) is 82.1 cm³/mol. The molecule has 2 aromatic carbocycles. The average Bonchev–Trinajstić information content (AvgIpc) is 2.53. The summed E-state index contributed by atoms with van der Waals surface area (Å²) >= 11 is 0. The van der Waals surface area contributed by atoms with Crippen LogP contribution in [0.5, 0.6) is 0 Å². The van der Waals surface area contributed by atoms with Crippen LogP contribution in [-0.2, 0) is 0 Å². The van der Waals surface area contributed by atoms with Gasteiger partial charge in [-0.1, -0.05) is 6.07 Å². The number of benzene rings is 2. The molecular weight excluding hydrogens is 285 g/mol. The van der Waals surface area contributed by atoms with Gasteiger partial charge in [-0.2, -0.15) is 0 Å². The third-order valence-corrected chi connectivity index (χ3v) is 3.02. The van der Waals surface area contributed by atoms with E-state index in [1.54, 1.807) is 18.2 Å². The molecule has 2 N–H and O–H groups in total. The molecule has 0 bridgehead atoms. The largest absolute Gasteiger partial charge is 0.378 e. The number of halogens is 1. The summed E-state index contributed by atoms with van der Waals surface area (Å²) < 4.78 is 12.8. The lowest BCUT2D eigenvalue weighted by molar-refractivity contribution is 0.0846. The molecule has 2 aromatic rings. The molecule has 114 valence electrons. The van der Waals surface area contributed by atoms with Gasteiger partial charge in [0.15, 0.2) is 0 Å². The monoisotopic (exact) mass is 301 g/mol. The molecule has 0 fully saturated rings. The predicted octanol–water partition coefficient (Wildman–Crippen LogP) is 1.97. The Morgan fingerprint density at radius 2 is 1.50 bits per heavy atom. The Morgan fingerprint density at radius 3 is 2.09 bits per heavy atom. The van der Waals surface area contributed by atoms with Crippen molar-refractivity contribution in [2.24, 2.45) is 0 Å². The quantitative estimate of drug-likeness (QED) is 0.852. The van der Waals surface area contributed by atoms with Gasteiger partial charge < -0.3 is 4.90 Å². The average molecular weight is 301 g/mol. The molecule has 0 unspecified atom stereocenters. The van der Waals surface area contributed by atoms with E-state index >= 15 is 0 Å². The van der Waals surface area contributed by atoms with Gasteiger partial charge in [0.05, 0.1) is 0 Å². The number of hydrazine groups is 1. The van der Waals surface area contributed by atoms with E-state index in [1.807, 2.05) is 25.1 Å². The lowest BCUT2D eigenvalue weighted by Gasteiger charge is -2.13. The van der Waals surface area contributed by atoms with E-state index in [0.29, 0.717) is 5.56 Å². The van der Waals surface area contributed by atoms with Gasteiger partial charge in [0.1, 0.15) is 5.82 Å². The van der Waals surface area contributed by atoms with Crippen LogP contribution < -0.4 is 15.8 Å². The van der Waals surface area contributed by atoms with Crippen LogP contribution in [0.25, 0.3) is 0 Å². The molecule has 0 atom stereocenters. The van der Waals surface area contributed by atoms with Gasteiger partial charge in [0, 0.05) is 30.9 Å². The Labute approximate surface area is 127 Å². The first-order valence-corrected chi connectivity index (χ1v) is 6.61. The Kier molecular flexibility index (Phi) is 4.73. The van der Waals surface area contributed by atoms with Gasteiger partial charge in [-0.3, -0.25) is 20.4 Å². The molecule has 2 amide bonds. The number of carbonyl (C=O) groups is 2. The third kappa shape index (κ3) is 3.82. The highest BCUT2D eigenvalue weighted by Crippen LogP contribution is 2.13. The summed E-state index contributed by atoms with van der Waals surface area (Å²) in [5, 5.41) is 0. The second-order valence-electron chi connectivity index (χ2n) is 4.86. The fourth-order valence-corrected chi connectivity index (χ4v) is 1.78. The highest BCUT2D eigenvalue weighted by atomic mass is 19.1. The molecule has 0 aliphatic rings. The molecule has 0 radical (unpaired) electrons. The minimum atomic E-state index is -0.517. The SMILES string of the molecule is CN(C)c1cccc(C(=O)NNC(=O)c2ccc(F)cc2)c1.